The van der Waals surface area contributed by atoms with E-state index in [9.17, 15) is 4.79 Å². The zero-order valence-electron chi connectivity index (χ0n) is 17.7. The lowest BCUT2D eigenvalue weighted by Crippen LogP contribution is -2.49. The normalized spacial score (nSPS) is 20.2. The minimum absolute atomic E-state index is 0.179. The molecule has 2 aliphatic heterocycles. The van der Waals surface area contributed by atoms with Crippen LogP contribution in [0.2, 0.25) is 0 Å². The van der Waals surface area contributed by atoms with Gasteiger partial charge >= 0.3 is 6.09 Å². The molecule has 2 saturated heterocycles. The zero-order valence-corrected chi connectivity index (χ0v) is 17.7. The van der Waals surface area contributed by atoms with Gasteiger partial charge in [0.2, 0.25) is 0 Å². The largest absolute Gasteiger partial charge is 0.495 e. The fourth-order valence-electron chi connectivity index (χ4n) is 4.32. The molecule has 0 radical (unpaired) electrons. The maximum absolute atomic E-state index is 12.2. The molecule has 2 fully saturated rings. The lowest BCUT2D eigenvalue weighted by Gasteiger charge is -2.42. The van der Waals surface area contributed by atoms with Crippen molar-refractivity contribution in [1.82, 2.24) is 9.80 Å². The quantitative estimate of drug-likeness (QED) is 0.795. The number of amides is 1. The lowest BCUT2D eigenvalue weighted by molar-refractivity contribution is 0.0127. The molecule has 156 valence electrons. The minimum atomic E-state index is -0.430. The molecule has 28 heavy (non-hydrogen) atoms. The Morgan fingerprint density at radius 2 is 1.71 bits per heavy atom. The van der Waals surface area contributed by atoms with Crippen LogP contribution in [-0.4, -0.2) is 60.8 Å². The standard InChI is InChI=1S/C22H35N3O3/c1-22(2,3)28-21(26)25-13-9-18(10-14-25)24-11-7-16(8-12-24)17-5-6-19(23)20(15-17)27-4/h5-6,15-16,18H,7-14,23H2,1-4H3. The summed E-state index contributed by atoms with van der Waals surface area (Å²) < 4.78 is 10.9. The molecule has 2 aliphatic rings. The van der Waals surface area contributed by atoms with Gasteiger partial charge in [-0.25, -0.2) is 4.79 Å². The monoisotopic (exact) mass is 389 g/mol. The highest BCUT2D eigenvalue weighted by molar-refractivity contribution is 5.68. The summed E-state index contributed by atoms with van der Waals surface area (Å²) in [5.41, 5.74) is 7.53. The molecule has 2 heterocycles. The Morgan fingerprint density at radius 3 is 2.29 bits per heavy atom. The molecule has 0 atom stereocenters. The van der Waals surface area contributed by atoms with E-state index in [4.69, 9.17) is 15.2 Å². The number of methoxy groups -OCH3 is 1. The SMILES string of the molecule is COc1cc(C2CCN(C3CCN(C(=O)OC(C)(C)C)CC3)CC2)ccc1N. The number of nitrogen functional groups attached to an aromatic ring is 1. The van der Waals surface area contributed by atoms with Gasteiger partial charge in [-0.2, -0.15) is 0 Å². The third-order valence-electron chi connectivity index (χ3n) is 5.89. The van der Waals surface area contributed by atoms with E-state index < -0.39 is 5.60 Å². The number of anilines is 1. The molecule has 1 aromatic rings. The van der Waals surface area contributed by atoms with Crippen molar-refractivity contribution in [1.29, 1.82) is 0 Å². The van der Waals surface area contributed by atoms with Crippen LogP contribution >= 0.6 is 0 Å². The van der Waals surface area contributed by atoms with Crippen molar-refractivity contribution in [2.45, 2.75) is 64.0 Å². The third-order valence-corrected chi connectivity index (χ3v) is 5.89. The molecule has 0 unspecified atom stereocenters. The third kappa shape index (κ3) is 5.10. The van der Waals surface area contributed by atoms with E-state index in [1.807, 2.05) is 31.7 Å². The van der Waals surface area contributed by atoms with Gasteiger partial charge in [-0.05, 0) is 83.2 Å². The maximum atomic E-state index is 12.2. The molecular weight excluding hydrogens is 354 g/mol. The summed E-state index contributed by atoms with van der Waals surface area (Å²) in [7, 11) is 1.67. The van der Waals surface area contributed by atoms with Crippen molar-refractivity contribution in [2.75, 3.05) is 39.0 Å². The predicted octanol–water partition coefficient (Wildman–Crippen LogP) is 3.86. The van der Waals surface area contributed by atoms with Crippen molar-refractivity contribution < 1.29 is 14.3 Å². The number of rotatable bonds is 3. The van der Waals surface area contributed by atoms with Gasteiger partial charge in [-0.3, -0.25) is 0 Å². The fourth-order valence-corrected chi connectivity index (χ4v) is 4.32. The van der Waals surface area contributed by atoms with Crippen LogP contribution in [-0.2, 0) is 4.74 Å². The van der Waals surface area contributed by atoms with E-state index in [-0.39, 0.29) is 6.09 Å². The van der Waals surface area contributed by atoms with Gasteiger partial charge in [0, 0.05) is 19.1 Å². The average molecular weight is 390 g/mol. The summed E-state index contributed by atoms with van der Waals surface area (Å²) in [4.78, 5) is 16.7. The van der Waals surface area contributed by atoms with Crippen molar-refractivity contribution in [2.24, 2.45) is 0 Å². The van der Waals surface area contributed by atoms with Crippen LogP contribution in [0.4, 0.5) is 10.5 Å². The summed E-state index contributed by atoms with van der Waals surface area (Å²) in [6.45, 7) is 9.53. The molecule has 6 heteroatoms. The molecule has 0 saturated carbocycles. The second-order valence-electron chi connectivity index (χ2n) is 9.01. The van der Waals surface area contributed by atoms with Crippen molar-refractivity contribution >= 4 is 11.8 Å². The summed E-state index contributed by atoms with van der Waals surface area (Å²) in [5, 5.41) is 0. The number of nitrogens with two attached hydrogens (primary N) is 1. The van der Waals surface area contributed by atoms with Crippen LogP contribution < -0.4 is 10.5 Å². The first-order valence-corrected chi connectivity index (χ1v) is 10.4. The second-order valence-corrected chi connectivity index (χ2v) is 9.01. The van der Waals surface area contributed by atoms with Crippen LogP contribution in [0.5, 0.6) is 5.75 Å². The van der Waals surface area contributed by atoms with E-state index in [2.05, 4.69) is 17.0 Å². The Balaban J connectivity index is 1.48. The van der Waals surface area contributed by atoms with Gasteiger partial charge in [0.05, 0.1) is 12.8 Å². The van der Waals surface area contributed by atoms with Crippen LogP contribution in [0.1, 0.15) is 57.9 Å². The van der Waals surface area contributed by atoms with Crippen LogP contribution in [0.25, 0.3) is 0 Å². The van der Waals surface area contributed by atoms with Gasteiger partial charge < -0.3 is 25.0 Å². The Kier molecular flexibility index (Phi) is 6.38. The van der Waals surface area contributed by atoms with Gasteiger partial charge in [0.15, 0.2) is 0 Å². The molecule has 1 amide bonds. The fraction of sp³-hybridized carbons (Fsp3) is 0.682. The van der Waals surface area contributed by atoms with Crippen LogP contribution in [0, 0.1) is 0 Å². The molecule has 3 rings (SSSR count). The second kappa shape index (κ2) is 8.60. The van der Waals surface area contributed by atoms with Gasteiger partial charge in [-0.1, -0.05) is 6.07 Å². The van der Waals surface area contributed by atoms with Crippen molar-refractivity contribution in [3.05, 3.63) is 23.8 Å². The number of piperidine rings is 2. The Hall–Kier alpha value is -1.95. The molecule has 0 bridgehead atoms. The Bertz CT molecular complexity index is 670. The van der Waals surface area contributed by atoms with E-state index in [0.29, 0.717) is 17.6 Å². The summed E-state index contributed by atoms with van der Waals surface area (Å²) in [5.74, 6) is 1.34. The molecule has 2 N–H and O–H groups in total. The van der Waals surface area contributed by atoms with Gasteiger partial charge in [0.1, 0.15) is 11.4 Å². The Morgan fingerprint density at radius 1 is 1.07 bits per heavy atom. The lowest BCUT2D eigenvalue weighted by atomic mass is 9.87. The summed E-state index contributed by atoms with van der Waals surface area (Å²) >= 11 is 0. The van der Waals surface area contributed by atoms with Gasteiger partial charge in [-0.15, -0.1) is 0 Å². The highest BCUT2D eigenvalue weighted by Crippen LogP contribution is 2.34. The first kappa shape index (κ1) is 20.8. The van der Waals surface area contributed by atoms with E-state index in [1.165, 1.54) is 5.56 Å². The van der Waals surface area contributed by atoms with E-state index in [1.54, 1.807) is 7.11 Å². The molecular formula is C22H35N3O3. The van der Waals surface area contributed by atoms with Crippen molar-refractivity contribution in [3.8, 4) is 5.75 Å². The molecule has 6 nitrogen and oxygen atoms in total. The first-order valence-electron chi connectivity index (χ1n) is 10.4. The highest BCUT2D eigenvalue weighted by Gasteiger charge is 2.31. The molecule has 0 aromatic heterocycles. The predicted molar refractivity (Wildman–Crippen MR) is 112 cm³/mol. The minimum Gasteiger partial charge on any atom is -0.495 e. The highest BCUT2D eigenvalue weighted by atomic mass is 16.6. The molecule has 0 spiro atoms. The maximum Gasteiger partial charge on any atom is 0.410 e. The summed E-state index contributed by atoms with van der Waals surface area (Å²) in [6.07, 6.45) is 4.18. The Labute approximate surface area is 169 Å². The van der Waals surface area contributed by atoms with Crippen LogP contribution in [0.3, 0.4) is 0 Å². The van der Waals surface area contributed by atoms with E-state index >= 15 is 0 Å². The smallest absolute Gasteiger partial charge is 0.410 e. The van der Waals surface area contributed by atoms with Gasteiger partial charge in [0.25, 0.3) is 0 Å². The van der Waals surface area contributed by atoms with E-state index in [0.717, 1.165) is 57.6 Å². The topological polar surface area (TPSA) is 68.0 Å². The number of hydrogen-bond donors (Lipinski definition) is 1. The summed E-state index contributed by atoms with van der Waals surface area (Å²) in [6, 6.07) is 6.75. The van der Waals surface area contributed by atoms with Crippen molar-refractivity contribution in [3.63, 3.8) is 0 Å². The number of benzene rings is 1. The molecule has 0 aliphatic carbocycles. The number of likely N-dealkylation sites (tertiary alicyclic amines) is 2. The zero-order chi connectivity index (χ0) is 20.3. The average Bonchev–Trinajstić information content (AvgIpc) is 2.67. The van der Waals surface area contributed by atoms with Crippen LogP contribution in [0.15, 0.2) is 18.2 Å². The number of hydrogen-bond acceptors (Lipinski definition) is 5. The first-order chi connectivity index (χ1) is 13.3. The number of carbonyl (C=O) groups excluding carboxylic acids is 1. The number of ether oxygens (including phenoxy) is 2. The molecule has 1 aromatic carbocycles. The number of carbonyl (C=O) groups is 1. The number of nitrogens with zero attached hydrogens (tertiary/aromatic N) is 2.